The third-order valence-electron chi connectivity index (χ3n) is 11.2. The van der Waals surface area contributed by atoms with Gasteiger partial charge in [0.05, 0.1) is 19.8 Å². The molecule has 12 heteroatoms. The van der Waals surface area contributed by atoms with Gasteiger partial charge in [0, 0.05) is 19.3 Å². The Labute approximate surface area is 461 Å². The van der Waals surface area contributed by atoms with Gasteiger partial charge in [-0.05, 0) is 122 Å². The van der Waals surface area contributed by atoms with Crippen molar-refractivity contribution in [3.8, 4) is 0 Å². The largest absolute Gasteiger partial charge is 0.472 e. The van der Waals surface area contributed by atoms with Gasteiger partial charge in [0.2, 0.25) is 0 Å². The van der Waals surface area contributed by atoms with Gasteiger partial charge >= 0.3 is 25.7 Å². The molecule has 0 spiro atoms. The molecule has 0 amide bonds. The molecule has 0 saturated heterocycles. The number of hydrogen-bond acceptors (Lipinski definition) is 10. The van der Waals surface area contributed by atoms with Crippen LogP contribution >= 0.6 is 7.82 Å². The molecule has 0 aromatic rings. The molecule has 3 unspecified atom stereocenters. The number of hydrogen-bond donors (Lipinski definition) is 2. The summed E-state index contributed by atoms with van der Waals surface area (Å²) in [6, 6.07) is 0. The lowest BCUT2D eigenvalue weighted by Gasteiger charge is -2.21. The SMILES string of the molecule is CC/C=C\C/C=C\C/C=C\C/C=C\C/C=C\C/C=C\CCC(=O)OCC(COP(=O)(O)OCC(CO)OC(=O)CCCCCCC/C=C\C/C=C\CCC)OC(=O)CCCCCC/C=C\C/C=C\C/C=C\C/C=C\CC. The highest BCUT2D eigenvalue weighted by Crippen LogP contribution is 2.43. The van der Waals surface area contributed by atoms with Crippen LogP contribution in [0.2, 0.25) is 0 Å². The maximum Gasteiger partial charge on any atom is 0.472 e. The number of carbonyl (C=O) groups is 3. The Balaban J connectivity index is 4.92. The number of unbranched alkanes of at least 4 members (excludes halogenated alkanes) is 10. The smallest absolute Gasteiger partial charge is 0.462 e. The summed E-state index contributed by atoms with van der Waals surface area (Å²) < 4.78 is 39.4. The van der Waals surface area contributed by atoms with Crippen molar-refractivity contribution >= 4 is 25.7 Å². The summed E-state index contributed by atoms with van der Waals surface area (Å²) in [5.41, 5.74) is 0. The molecule has 0 fully saturated rings. The molecular formula is C64H101O11P. The fraction of sp³-hybridized carbons (Fsp3) is 0.578. The minimum atomic E-state index is -4.79. The highest BCUT2D eigenvalue weighted by Gasteiger charge is 2.28. The van der Waals surface area contributed by atoms with Crippen LogP contribution < -0.4 is 0 Å². The van der Waals surface area contributed by atoms with Crippen LogP contribution in [-0.4, -0.2) is 66.5 Å². The first-order valence-electron chi connectivity index (χ1n) is 28.7. The van der Waals surface area contributed by atoms with Gasteiger partial charge in [-0.1, -0.05) is 205 Å². The molecule has 0 bridgehead atoms. The van der Waals surface area contributed by atoms with Crippen molar-refractivity contribution in [2.75, 3.05) is 26.4 Å². The first-order chi connectivity index (χ1) is 37.2. The van der Waals surface area contributed by atoms with E-state index in [-0.39, 0.29) is 19.3 Å². The first kappa shape index (κ1) is 71.4. The van der Waals surface area contributed by atoms with Gasteiger partial charge in [0.25, 0.3) is 0 Å². The Bertz CT molecular complexity index is 1830. The van der Waals surface area contributed by atoms with Crippen LogP contribution in [0, 0.1) is 0 Å². The summed E-state index contributed by atoms with van der Waals surface area (Å²) in [6.45, 7) is 4.19. The number of ether oxygens (including phenoxy) is 3. The molecule has 11 nitrogen and oxygen atoms in total. The quantitative estimate of drug-likeness (QED) is 0.0197. The molecule has 3 atom stereocenters. The van der Waals surface area contributed by atoms with Crippen LogP contribution in [0.5, 0.6) is 0 Å². The summed E-state index contributed by atoms with van der Waals surface area (Å²) in [5, 5.41) is 9.81. The van der Waals surface area contributed by atoms with Crippen molar-refractivity contribution < 1.29 is 52.2 Å². The lowest BCUT2D eigenvalue weighted by Crippen LogP contribution is -2.30. The fourth-order valence-corrected chi connectivity index (χ4v) is 7.72. The molecule has 0 aliphatic heterocycles. The van der Waals surface area contributed by atoms with E-state index in [1.165, 1.54) is 0 Å². The van der Waals surface area contributed by atoms with Crippen LogP contribution in [-0.2, 0) is 42.2 Å². The van der Waals surface area contributed by atoms with Crippen LogP contribution in [0.1, 0.15) is 201 Å². The van der Waals surface area contributed by atoms with Crippen molar-refractivity contribution in [3.63, 3.8) is 0 Å². The lowest BCUT2D eigenvalue weighted by molar-refractivity contribution is -0.161. The zero-order valence-corrected chi connectivity index (χ0v) is 48.0. The van der Waals surface area contributed by atoms with Crippen LogP contribution in [0.3, 0.4) is 0 Å². The van der Waals surface area contributed by atoms with Gasteiger partial charge in [-0.15, -0.1) is 0 Å². The standard InChI is InChI=1S/C64H101O11P/c1-4-7-10-13-16-19-22-25-27-29-30-32-33-36-38-41-44-47-50-53-62(66)71-57-61(75-64(68)55-52-49-46-43-40-37-34-31-28-26-23-20-17-14-11-8-5-2)59-73-76(69,70)72-58-60(56-65)74-63(67)54-51-48-45-42-39-35-24-21-18-15-12-9-6-3/h7-8,10-12,15-17,19-21,24-28,30,32,34,36-38,44,47,60-61,65H,4-6,9,13-14,18,22-23,29,31,33,35,39-43,45-46,48-59H2,1-3H3,(H,69,70)/b10-7-,11-8-,15-12-,19-16-,20-17-,24-21-,27-25-,28-26-,32-30-,37-34-,38-36-,47-44-. The van der Waals surface area contributed by atoms with Gasteiger partial charge in [-0.3, -0.25) is 23.4 Å². The Hall–Kier alpha value is -4.64. The number of phosphoric ester groups is 1. The first-order valence-corrected chi connectivity index (χ1v) is 30.2. The van der Waals surface area contributed by atoms with Crippen molar-refractivity contribution in [1.82, 2.24) is 0 Å². The molecule has 0 aromatic heterocycles. The summed E-state index contributed by atoms with van der Waals surface area (Å²) in [5.74, 6) is -1.63. The molecule has 428 valence electrons. The van der Waals surface area contributed by atoms with E-state index in [4.69, 9.17) is 23.3 Å². The van der Waals surface area contributed by atoms with E-state index in [2.05, 4.69) is 154 Å². The number of phosphoric acid groups is 1. The fourth-order valence-electron chi connectivity index (χ4n) is 6.94. The third kappa shape index (κ3) is 54.2. The van der Waals surface area contributed by atoms with Crippen LogP contribution in [0.25, 0.3) is 0 Å². The average molecular weight is 1080 g/mol. The summed E-state index contributed by atoms with van der Waals surface area (Å²) in [4.78, 5) is 48.5. The molecule has 0 aromatic carbocycles. The monoisotopic (exact) mass is 1080 g/mol. The molecule has 0 rings (SSSR count). The van der Waals surface area contributed by atoms with E-state index in [0.29, 0.717) is 19.3 Å². The second-order valence-corrected chi connectivity index (χ2v) is 19.8. The predicted molar refractivity (Wildman–Crippen MR) is 316 cm³/mol. The Morgan fingerprint density at radius 3 is 1.11 bits per heavy atom. The summed E-state index contributed by atoms with van der Waals surface area (Å²) in [6.07, 6.45) is 72.5. The average Bonchev–Trinajstić information content (AvgIpc) is 3.41. The van der Waals surface area contributed by atoms with Gasteiger partial charge in [-0.2, -0.15) is 0 Å². The van der Waals surface area contributed by atoms with Crippen LogP contribution in [0.4, 0.5) is 0 Å². The zero-order chi connectivity index (χ0) is 55.5. The van der Waals surface area contributed by atoms with Crippen molar-refractivity contribution in [2.24, 2.45) is 0 Å². The number of allylic oxidation sites excluding steroid dienone is 24. The molecule has 2 N–H and O–H groups in total. The number of aliphatic hydroxyl groups excluding tert-OH is 1. The summed E-state index contributed by atoms with van der Waals surface area (Å²) >= 11 is 0. The maximum atomic E-state index is 12.9. The number of rotatable bonds is 51. The highest BCUT2D eigenvalue weighted by atomic mass is 31.2. The Morgan fingerprint density at radius 1 is 0.382 bits per heavy atom. The van der Waals surface area contributed by atoms with E-state index in [1.807, 2.05) is 12.2 Å². The molecule has 0 radical (unpaired) electrons. The number of esters is 3. The number of aliphatic hydroxyl groups is 1. The molecule has 76 heavy (non-hydrogen) atoms. The highest BCUT2D eigenvalue weighted by molar-refractivity contribution is 7.47. The van der Waals surface area contributed by atoms with E-state index in [0.717, 1.165) is 141 Å². The summed E-state index contributed by atoms with van der Waals surface area (Å²) in [7, 11) is -4.79. The van der Waals surface area contributed by atoms with Crippen molar-refractivity contribution in [1.29, 1.82) is 0 Å². The maximum absolute atomic E-state index is 12.9. The third-order valence-corrected chi connectivity index (χ3v) is 12.2. The predicted octanol–water partition coefficient (Wildman–Crippen LogP) is 17.1. The molecule has 0 saturated carbocycles. The topological polar surface area (TPSA) is 155 Å². The van der Waals surface area contributed by atoms with E-state index in [1.54, 1.807) is 0 Å². The molecule has 0 aliphatic rings. The van der Waals surface area contributed by atoms with Crippen molar-refractivity contribution in [2.45, 2.75) is 213 Å². The van der Waals surface area contributed by atoms with Crippen molar-refractivity contribution in [3.05, 3.63) is 146 Å². The second-order valence-electron chi connectivity index (χ2n) is 18.3. The van der Waals surface area contributed by atoms with Gasteiger partial charge in [-0.25, -0.2) is 4.57 Å². The molecule has 0 aliphatic carbocycles. The van der Waals surface area contributed by atoms with E-state index < -0.39 is 64.4 Å². The lowest BCUT2D eigenvalue weighted by atomic mass is 10.1. The minimum Gasteiger partial charge on any atom is -0.462 e. The van der Waals surface area contributed by atoms with E-state index in [9.17, 15) is 28.9 Å². The molecule has 0 heterocycles. The Kier molecular flexibility index (Phi) is 53.1. The van der Waals surface area contributed by atoms with E-state index >= 15 is 0 Å². The Morgan fingerprint density at radius 2 is 0.711 bits per heavy atom. The van der Waals surface area contributed by atoms with Gasteiger partial charge < -0.3 is 24.2 Å². The van der Waals surface area contributed by atoms with Gasteiger partial charge in [0.1, 0.15) is 12.7 Å². The zero-order valence-electron chi connectivity index (χ0n) is 47.2. The number of carbonyl (C=O) groups excluding carboxylic acids is 3. The normalized spacial score (nSPS) is 14.4. The minimum absolute atomic E-state index is 0.0863. The molecular weight excluding hydrogens is 976 g/mol. The van der Waals surface area contributed by atoms with Gasteiger partial charge in [0.15, 0.2) is 6.10 Å². The second kappa shape index (κ2) is 56.6. The van der Waals surface area contributed by atoms with Crippen LogP contribution in [0.15, 0.2) is 146 Å².